The van der Waals surface area contributed by atoms with E-state index in [-0.39, 0.29) is 30.4 Å². The number of rotatable bonds is 7. The van der Waals surface area contributed by atoms with Gasteiger partial charge in [0.05, 0.1) is 12.8 Å². The number of aryl methyl sites for hydroxylation is 1. The van der Waals surface area contributed by atoms with Crippen molar-refractivity contribution in [3.63, 3.8) is 0 Å². The highest BCUT2D eigenvalue weighted by atomic mass is 16.5. The van der Waals surface area contributed by atoms with Gasteiger partial charge >= 0.3 is 5.97 Å². The van der Waals surface area contributed by atoms with Gasteiger partial charge in [-0.15, -0.1) is 0 Å². The molecule has 0 atom stereocenters. The molecule has 0 saturated heterocycles. The maximum atomic E-state index is 12.6. The number of carbonyl (C=O) groups is 2. The topological polar surface area (TPSA) is 95.6 Å². The summed E-state index contributed by atoms with van der Waals surface area (Å²) >= 11 is 0. The molecule has 0 unspecified atom stereocenters. The van der Waals surface area contributed by atoms with Crippen LogP contribution in [0.15, 0.2) is 65.2 Å². The zero-order valence-corrected chi connectivity index (χ0v) is 17.1. The first-order valence-corrected chi connectivity index (χ1v) is 9.76. The monoisotopic (exact) mass is 419 g/mol. The maximum Gasteiger partial charge on any atom is 0.343 e. The van der Waals surface area contributed by atoms with Crippen LogP contribution in [-0.2, 0) is 18.4 Å². The van der Waals surface area contributed by atoms with Crippen molar-refractivity contribution in [1.29, 1.82) is 0 Å². The van der Waals surface area contributed by atoms with Crippen LogP contribution in [0.3, 0.4) is 0 Å². The Bertz CT molecular complexity index is 1240. The Balaban J connectivity index is 1.45. The number of anilines is 1. The molecule has 1 amide bonds. The molecule has 8 nitrogen and oxygen atoms in total. The number of esters is 1. The summed E-state index contributed by atoms with van der Waals surface area (Å²) in [7, 11) is 1.62. The number of amides is 1. The van der Waals surface area contributed by atoms with Crippen LogP contribution in [0.5, 0.6) is 5.75 Å². The molecule has 0 radical (unpaired) electrons. The third-order valence-corrected chi connectivity index (χ3v) is 4.67. The Morgan fingerprint density at radius 3 is 2.74 bits per heavy atom. The molecule has 31 heavy (non-hydrogen) atoms. The standard InChI is InChI=1S/C23H21N3O5/c1-3-29-23(28)18-13-24-26(2)21(18)25-22(27)20-12-11-16(31-20)14-30-19-10-6-8-15-7-4-5-9-17(15)19/h4-13H,3,14H2,1-2H3,(H,25,27). The first-order valence-electron chi connectivity index (χ1n) is 9.76. The molecule has 8 heteroatoms. The van der Waals surface area contributed by atoms with Gasteiger partial charge < -0.3 is 19.2 Å². The van der Waals surface area contributed by atoms with Gasteiger partial charge in [-0.3, -0.25) is 9.48 Å². The molecule has 4 rings (SSSR count). The van der Waals surface area contributed by atoms with Crippen molar-refractivity contribution >= 4 is 28.5 Å². The lowest BCUT2D eigenvalue weighted by atomic mass is 10.1. The van der Waals surface area contributed by atoms with E-state index in [1.54, 1.807) is 26.1 Å². The van der Waals surface area contributed by atoms with Crippen LogP contribution in [0.1, 0.15) is 33.6 Å². The fourth-order valence-corrected chi connectivity index (χ4v) is 3.16. The lowest BCUT2D eigenvalue weighted by molar-refractivity contribution is 0.0527. The predicted molar refractivity (Wildman–Crippen MR) is 114 cm³/mol. The third kappa shape index (κ3) is 4.28. The second-order valence-corrected chi connectivity index (χ2v) is 6.74. The number of carbonyl (C=O) groups excluding carboxylic acids is 2. The molecule has 0 saturated carbocycles. The highest BCUT2D eigenvalue weighted by molar-refractivity contribution is 6.05. The van der Waals surface area contributed by atoms with E-state index in [0.717, 1.165) is 16.5 Å². The largest absolute Gasteiger partial charge is 0.485 e. The molecule has 0 aliphatic heterocycles. The molecule has 2 aromatic carbocycles. The molecule has 1 N–H and O–H groups in total. The van der Waals surface area contributed by atoms with Crippen molar-refractivity contribution in [3.05, 3.63) is 77.9 Å². The van der Waals surface area contributed by atoms with Crippen molar-refractivity contribution in [3.8, 4) is 5.75 Å². The highest BCUT2D eigenvalue weighted by Crippen LogP contribution is 2.26. The van der Waals surface area contributed by atoms with Gasteiger partial charge in [-0.25, -0.2) is 4.79 Å². The molecule has 2 heterocycles. The first kappa shape index (κ1) is 20.2. The average molecular weight is 419 g/mol. The Kier molecular flexibility index (Phi) is 5.70. The highest BCUT2D eigenvalue weighted by Gasteiger charge is 2.21. The van der Waals surface area contributed by atoms with E-state index in [1.165, 1.54) is 10.9 Å². The van der Waals surface area contributed by atoms with E-state index in [4.69, 9.17) is 13.9 Å². The van der Waals surface area contributed by atoms with Crippen LogP contribution >= 0.6 is 0 Å². The molecular formula is C23H21N3O5. The summed E-state index contributed by atoms with van der Waals surface area (Å²) < 4.78 is 17.9. The fraction of sp³-hybridized carbons (Fsp3) is 0.174. The van der Waals surface area contributed by atoms with E-state index >= 15 is 0 Å². The van der Waals surface area contributed by atoms with Crippen LogP contribution in [0.25, 0.3) is 10.8 Å². The number of aromatic nitrogens is 2. The summed E-state index contributed by atoms with van der Waals surface area (Å²) in [6, 6.07) is 17.0. The minimum atomic E-state index is -0.561. The van der Waals surface area contributed by atoms with E-state index in [9.17, 15) is 9.59 Å². The number of ether oxygens (including phenoxy) is 2. The third-order valence-electron chi connectivity index (χ3n) is 4.67. The Morgan fingerprint density at radius 2 is 1.90 bits per heavy atom. The summed E-state index contributed by atoms with van der Waals surface area (Å²) in [5.74, 6) is 0.476. The smallest absolute Gasteiger partial charge is 0.343 e. The lowest BCUT2D eigenvalue weighted by Gasteiger charge is -2.08. The minimum absolute atomic E-state index is 0.0903. The second kappa shape index (κ2) is 8.74. The minimum Gasteiger partial charge on any atom is -0.485 e. The van der Waals surface area contributed by atoms with Crippen LogP contribution in [-0.4, -0.2) is 28.3 Å². The summed E-state index contributed by atoms with van der Waals surface area (Å²) in [6.45, 7) is 2.09. The van der Waals surface area contributed by atoms with Gasteiger partial charge in [0.2, 0.25) is 0 Å². The Hall–Kier alpha value is -4.07. The fourth-order valence-electron chi connectivity index (χ4n) is 3.16. The van der Waals surface area contributed by atoms with Gasteiger partial charge in [0.1, 0.15) is 29.5 Å². The molecule has 0 aliphatic carbocycles. The molecule has 0 aliphatic rings. The Labute approximate surface area is 178 Å². The van der Waals surface area contributed by atoms with Gasteiger partial charge in [-0.05, 0) is 30.5 Å². The average Bonchev–Trinajstić information content (AvgIpc) is 3.40. The molecular weight excluding hydrogens is 398 g/mol. The normalized spacial score (nSPS) is 10.8. The van der Waals surface area contributed by atoms with Crippen LogP contribution in [0, 0.1) is 0 Å². The van der Waals surface area contributed by atoms with Gasteiger partial charge in [0.25, 0.3) is 5.91 Å². The van der Waals surface area contributed by atoms with E-state index in [0.29, 0.717) is 5.76 Å². The van der Waals surface area contributed by atoms with Crippen molar-refractivity contribution in [2.45, 2.75) is 13.5 Å². The van der Waals surface area contributed by atoms with Crippen LogP contribution < -0.4 is 10.1 Å². The lowest BCUT2D eigenvalue weighted by Crippen LogP contribution is -2.17. The van der Waals surface area contributed by atoms with Crippen molar-refractivity contribution in [1.82, 2.24) is 9.78 Å². The maximum absolute atomic E-state index is 12.6. The molecule has 0 spiro atoms. The van der Waals surface area contributed by atoms with Gasteiger partial charge in [0, 0.05) is 12.4 Å². The molecule has 0 fully saturated rings. The summed E-state index contributed by atoms with van der Waals surface area (Å²) in [5, 5.41) is 8.74. The van der Waals surface area contributed by atoms with Gasteiger partial charge in [0.15, 0.2) is 5.76 Å². The molecule has 4 aromatic rings. The Morgan fingerprint density at radius 1 is 1.10 bits per heavy atom. The SMILES string of the molecule is CCOC(=O)c1cnn(C)c1NC(=O)c1ccc(COc2cccc3ccccc23)o1. The van der Waals surface area contributed by atoms with E-state index in [2.05, 4.69) is 10.4 Å². The number of nitrogens with one attached hydrogen (secondary N) is 1. The van der Waals surface area contributed by atoms with Crippen LogP contribution in [0.4, 0.5) is 5.82 Å². The second-order valence-electron chi connectivity index (χ2n) is 6.74. The molecule has 2 aromatic heterocycles. The van der Waals surface area contributed by atoms with Crippen molar-refractivity contribution in [2.75, 3.05) is 11.9 Å². The zero-order chi connectivity index (χ0) is 21.8. The molecule has 0 bridgehead atoms. The summed E-state index contributed by atoms with van der Waals surface area (Å²) in [5.41, 5.74) is 0.170. The predicted octanol–water partition coefficient (Wildman–Crippen LogP) is 4.17. The number of fused-ring (bicyclic) bond motifs is 1. The number of furan rings is 1. The van der Waals surface area contributed by atoms with Crippen molar-refractivity contribution < 1.29 is 23.5 Å². The summed E-state index contributed by atoms with van der Waals surface area (Å²) in [6.07, 6.45) is 1.35. The van der Waals surface area contributed by atoms with E-state index in [1.807, 2.05) is 42.5 Å². The first-order chi connectivity index (χ1) is 15.1. The van der Waals surface area contributed by atoms with Gasteiger partial charge in [-0.1, -0.05) is 36.4 Å². The zero-order valence-electron chi connectivity index (χ0n) is 17.1. The quantitative estimate of drug-likeness (QED) is 0.452. The number of hydrogen-bond donors (Lipinski definition) is 1. The van der Waals surface area contributed by atoms with Gasteiger partial charge in [-0.2, -0.15) is 5.10 Å². The molecule has 158 valence electrons. The number of nitrogens with zero attached hydrogens (tertiary/aromatic N) is 2. The number of hydrogen-bond acceptors (Lipinski definition) is 6. The van der Waals surface area contributed by atoms with E-state index < -0.39 is 11.9 Å². The van der Waals surface area contributed by atoms with Crippen LogP contribution in [0.2, 0.25) is 0 Å². The summed E-state index contributed by atoms with van der Waals surface area (Å²) in [4.78, 5) is 24.7. The van der Waals surface area contributed by atoms with Crippen molar-refractivity contribution in [2.24, 2.45) is 7.05 Å². The number of benzene rings is 2.